The van der Waals surface area contributed by atoms with Crippen LogP contribution < -0.4 is 9.64 Å². The number of carbonyl (C=O) groups is 1. The lowest BCUT2D eigenvalue weighted by Gasteiger charge is -2.28. The van der Waals surface area contributed by atoms with Crippen molar-refractivity contribution in [2.75, 3.05) is 11.2 Å². The number of rotatable bonds is 2. The first kappa shape index (κ1) is 17.3. The minimum absolute atomic E-state index is 0.181. The number of para-hydroxylation sites is 1. The third-order valence-corrected chi connectivity index (χ3v) is 4.99. The number of furan rings is 1. The van der Waals surface area contributed by atoms with E-state index in [1.54, 1.807) is 11.0 Å². The molecule has 0 spiro atoms. The maximum absolute atomic E-state index is 12.5. The molecule has 132 valence electrons. The van der Waals surface area contributed by atoms with E-state index in [-0.39, 0.29) is 5.91 Å². The van der Waals surface area contributed by atoms with Crippen molar-refractivity contribution in [3.63, 3.8) is 0 Å². The second-order valence-electron chi connectivity index (χ2n) is 5.47. The Morgan fingerprint density at radius 2 is 2.04 bits per heavy atom. The van der Waals surface area contributed by atoms with Gasteiger partial charge in [0.05, 0.1) is 5.69 Å². The molecule has 26 heavy (non-hydrogen) atoms. The minimum Gasteiger partial charge on any atom is -0.449 e. The Labute approximate surface area is 167 Å². The van der Waals surface area contributed by atoms with Crippen LogP contribution >= 0.6 is 34.4 Å². The number of fused-ring (bicyclic) bond motifs is 3. The lowest BCUT2D eigenvalue weighted by molar-refractivity contribution is -0.118. The topological polar surface area (TPSA) is 81.3 Å². The van der Waals surface area contributed by atoms with Gasteiger partial charge in [0.1, 0.15) is 0 Å². The van der Waals surface area contributed by atoms with Crippen LogP contribution in [0.4, 0.5) is 5.69 Å². The fourth-order valence-electron chi connectivity index (χ4n) is 2.79. The van der Waals surface area contributed by atoms with Crippen LogP contribution in [0.15, 0.2) is 46.0 Å². The number of halogens is 1. The summed E-state index contributed by atoms with van der Waals surface area (Å²) >= 11 is 3.44. The summed E-state index contributed by atoms with van der Waals surface area (Å²) in [5.41, 5.74) is 1.89. The molecule has 1 aliphatic heterocycles. The Bertz CT molecular complexity index is 994. The second-order valence-corrected chi connectivity index (χ2v) is 7.31. The number of carbonyl (C=O) groups excluding carboxylic acids is 1. The molecule has 7 nitrogen and oxygen atoms in total. The van der Waals surface area contributed by atoms with Gasteiger partial charge in [-0.2, -0.15) is 4.98 Å². The number of amides is 1. The largest absolute Gasteiger partial charge is 0.449 e. The Kier molecular flexibility index (Phi) is 4.57. The van der Waals surface area contributed by atoms with Crippen molar-refractivity contribution < 1.29 is 13.9 Å². The van der Waals surface area contributed by atoms with Gasteiger partial charge < -0.3 is 9.15 Å². The standard InChI is InChI=1S/C17H13IN4O3S/c1-9(23)22-11-6-4-3-5-10(11)14-15(19-17(26-2)21-20-14)25-16(22)12-7-8-13(18)24-12/h3-8,16H,1-2H3/t16-/m0/s1. The van der Waals surface area contributed by atoms with Crippen molar-refractivity contribution >= 4 is 45.9 Å². The fraction of sp³-hybridized carbons (Fsp3) is 0.176. The van der Waals surface area contributed by atoms with Gasteiger partial charge in [0.2, 0.25) is 23.2 Å². The molecule has 1 amide bonds. The van der Waals surface area contributed by atoms with Crippen LogP contribution in [0.2, 0.25) is 0 Å². The molecule has 1 aromatic carbocycles. The fourth-order valence-corrected chi connectivity index (χ4v) is 3.52. The molecular formula is C17H13IN4O3S. The van der Waals surface area contributed by atoms with E-state index >= 15 is 0 Å². The molecule has 0 fully saturated rings. The van der Waals surface area contributed by atoms with E-state index in [1.807, 2.05) is 36.6 Å². The van der Waals surface area contributed by atoms with Gasteiger partial charge in [0.25, 0.3) is 0 Å². The predicted molar refractivity (Wildman–Crippen MR) is 105 cm³/mol. The van der Waals surface area contributed by atoms with Crippen LogP contribution in [0, 0.1) is 3.77 Å². The van der Waals surface area contributed by atoms with Crippen molar-refractivity contribution in [3.8, 4) is 17.1 Å². The summed E-state index contributed by atoms with van der Waals surface area (Å²) in [5, 5.41) is 8.90. The van der Waals surface area contributed by atoms with E-state index in [0.717, 1.165) is 5.56 Å². The highest BCUT2D eigenvalue weighted by Gasteiger charge is 2.36. The Morgan fingerprint density at radius 3 is 2.73 bits per heavy atom. The highest BCUT2D eigenvalue weighted by molar-refractivity contribution is 14.1. The van der Waals surface area contributed by atoms with Crippen molar-refractivity contribution in [2.24, 2.45) is 0 Å². The highest BCUT2D eigenvalue weighted by atomic mass is 127. The Hall–Kier alpha value is -2.14. The number of nitrogens with zero attached hydrogens (tertiary/aromatic N) is 4. The summed E-state index contributed by atoms with van der Waals surface area (Å²) in [6.07, 6.45) is 1.08. The van der Waals surface area contributed by atoms with Gasteiger partial charge in [-0.3, -0.25) is 9.69 Å². The summed E-state index contributed by atoms with van der Waals surface area (Å²) in [7, 11) is 0. The number of anilines is 1. The van der Waals surface area contributed by atoms with E-state index in [4.69, 9.17) is 9.15 Å². The van der Waals surface area contributed by atoms with Crippen molar-refractivity contribution in [1.82, 2.24) is 15.2 Å². The van der Waals surface area contributed by atoms with Gasteiger partial charge in [-0.15, -0.1) is 10.2 Å². The number of ether oxygens (including phenoxy) is 1. The molecule has 4 rings (SSSR count). The SMILES string of the molecule is CSc1nnc2c(n1)O[C@@H](c1ccc(I)o1)N(C(C)=O)c1ccccc1-2. The van der Waals surface area contributed by atoms with E-state index < -0.39 is 6.23 Å². The van der Waals surface area contributed by atoms with Crippen molar-refractivity contribution in [3.05, 3.63) is 45.9 Å². The van der Waals surface area contributed by atoms with Gasteiger partial charge in [-0.1, -0.05) is 30.0 Å². The van der Waals surface area contributed by atoms with Crippen LogP contribution in [0.3, 0.4) is 0 Å². The molecule has 3 heterocycles. The first-order valence-corrected chi connectivity index (χ1v) is 9.98. The first-order valence-electron chi connectivity index (χ1n) is 7.68. The molecular weight excluding hydrogens is 467 g/mol. The zero-order valence-electron chi connectivity index (χ0n) is 13.8. The summed E-state index contributed by atoms with van der Waals surface area (Å²) in [6.45, 7) is 1.49. The van der Waals surface area contributed by atoms with E-state index in [1.165, 1.54) is 18.7 Å². The van der Waals surface area contributed by atoms with E-state index in [9.17, 15) is 4.79 Å². The molecule has 9 heteroatoms. The molecule has 0 aliphatic carbocycles. The van der Waals surface area contributed by atoms with Crippen molar-refractivity contribution in [2.45, 2.75) is 18.3 Å². The predicted octanol–water partition coefficient (Wildman–Crippen LogP) is 3.90. The minimum atomic E-state index is -0.787. The summed E-state index contributed by atoms with van der Waals surface area (Å²) in [4.78, 5) is 18.5. The summed E-state index contributed by atoms with van der Waals surface area (Å²) in [5.74, 6) is 0.647. The maximum Gasteiger partial charge on any atom is 0.247 e. The molecule has 0 bridgehead atoms. The summed E-state index contributed by atoms with van der Waals surface area (Å²) in [6, 6.07) is 11.1. The zero-order valence-corrected chi connectivity index (χ0v) is 16.8. The maximum atomic E-state index is 12.5. The van der Waals surface area contributed by atoms with Gasteiger partial charge in [-0.05, 0) is 47.0 Å². The van der Waals surface area contributed by atoms with Crippen LogP contribution in [0.5, 0.6) is 5.88 Å². The molecule has 0 N–H and O–H groups in total. The molecule has 0 unspecified atom stereocenters. The summed E-state index contributed by atoms with van der Waals surface area (Å²) < 4.78 is 12.6. The smallest absolute Gasteiger partial charge is 0.247 e. The number of thioether (sulfide) groups is 1. The van der Waals surface area contributed by atoms with Gasteiger partial charge in [0, 0.05) is 12.5 Å². The quantitative estimate of drug-likeness (QED) is 0.407. The van der Waals surface area contributed by atoms with Gasteiger partial charge in [-0.25, -0.2) is 0 Å². The highest BCUT2D eigenvalue weighted by Crippen LogP contribution is 2.43. The Morgan fingerprint density at radius 1 is 1.23 bits per heavy atom. The van der Waals surface area contributed by atoms with Crippen LogP contribution in [-0.4, -0.2) is 27.3 Å². The van der Waals surface area contributed by atoms with Crippen LogP contribution in [0.25, 0.3) is 11.3 Å². The van der Waals surface area contributed by atoms with Gasteiger partial charge >= 0.3 is 0 Å². The number of benzene rings is 1. The third-order valence-electron chi connectivity index (χ3n) is 3.87. The number of hydrogen-bond donors (Lipinski definition) is 0. The lowest BCUT2D eigenvalue weighted by Crippen LogP contribution is -2.35. The molecule has 0 saturated carbocycles. The molecule has 0 radical (unpaired) electrons. The monoisotopic (exact) mass is 480 g/mol. The number of aromatic nitrogens is 3. The zero-order chi connectivity index (χ0) is 18.3. The van der Waals surface area contributed by atoms with Crippen LogP contribution in [0.1, 0.15) is 18.9 Å². The average molecular weight is 480 g/mol. The third kappa shape index (κ3) is 2.94. The molecule has 2 aromatic heterocycles. The first-order chi connectivity index (χ1) is 12.6. The Balaban J connectivity index is 1.97. The molecule has 1 atom stereocenters. The molecule has 3 aromatic rings. The van der Waals surface area contributed by atoms with Crippen LogP contribution in [-0.2, 0) is 4.79 Å². The van der Waals surface area contributed by atoms with Gasteiger partial charge in [0.15, 0.2) is 15.2 Å². The lowest BCUT2D eigenvalue weighted by atomic mass is 10.1. The average Bonchev–Trinajstić information content (AvgIpc) is 3.01. The van der Waals surface area contributed by atoms with E-state index in [2.05, 4.69) is 37.8 Å². The molecule has 1 aliphatic rings. The normalized spacial score (nSPS) is 15.7. The van der Waals surface area contributed by atoms with Crippen molar-refractivity contribution in [1.29, 1.82) is 0 Å². The second kappa shape index (κ2) is 6.88. The van der Waals surface area contributed by atoms with E-state index in [0.29, 0.717) is 31.9 Å². The number of hydrogen-bond acceptors (Lipinski definition) is 7. The molecule has 0 saturated heterocycles.